The summed E-state index contributed by atoms with van der Waals surface area (Å²) in [5, 5.41) is 13.6. The van der Waals surface area contributed by atoms with Crippen molar-refractivity contribution in [1.82, 2.24) is 10.6 Å². The second kappa shape index (κ2) is 11.3. The molecule has 0 heterocycles. The van der Waals surface area contributed by atoms with Crippen molar-refractivity contribution in [3.05, 3.63) is 53.2 Å². The van der Waals surface area contributed by atoms with Gasteiger partial charge in [-0.15, -0.1) is 0 Å². The molecule has 0 fully saturated rings. The first-order valence-corrected chi connectivity index (χ1v) is 9.30. The number of hydrogen-bond donors (Lipinski definition) is 3. The van der Waals surface area contributed by atoms with E-state index < -0.39 is 24.3 Å². The number of hydrogen-bond acceptors (Lipinski definition) is 7. The molecule has 0 radical (unpaired) electrons. The summed E-state index contributed by atoms with van der Waals surface area (Å²) in [7, 11) is 5.71. The van der Waals surface area contributed by atoms with Crippen LogP contribution in [0, 0.1) is 0 Å². The molecule has 32 heavy (non-hydrogen) atoms. The summed E-state index contributed by atoms with van der Waals surface area (Å²) in [6, 6.07) is 9.67. The van der Waals surface area contributed by atoms with Crippen LogP contribution in [0.15, 0.2) is 42.1 Å². The van der Waals surface area contributed by atoms with E-state index in [1.165, 1.54) is 46.6 Å². The molecular weight excluding hydrogens is 420 g/mol. The zero-order valence-corrected chi connectivity index (χ0v) is 18.1. The topological polar surface area (TPSA) is 132 Å². The predicted octanol–water partition coefficient (Wildman–Crippen LogP) is 1.69. The first kappa shape index (κ1) is 24.1. The summed E-state index contributed by atoms with van der Waals surface area (Å²) in [5.41, 5.74) is 0.437. The number of nitrogens with one attached hydrogen (secondary N) is 2. The third-order valence-electron chi connectivity index (χ3n) is 4.26. The second-order valence-electron chi connectivity index (χ2n) is 6.24. The molecule has 0 spiro atoms. The number of methoxy groups -OCH3 is 4. The van der Waals surface area contributed by atoms with Crippen LogP contribution in [0.1, 0.15) is 15.9 Å². The Labute approximate surface area is 184 Å². The summed E-state index contributed by atoms with van der Waals surface area (Å²) < 4.78 is 21.0. The molecule has 0 aromatic heterocycles. The van der Waals surface area contributed by atoms with E-state index in [0.717, 1.165) is 0 Å². The van der Waals surface area contributed by atoms with Crippen molar-refractivity contribution in [3.63, 3.8) is 0 Å². The Bertz CT molecular complexity index is 1010. The lowest BCUT2D eigenvalue weighted by atomic mass is 10.1. The Morgan fingerprint density at radius 2 is 1.50 bits per heavy atom. The molecule has 3 N–H and O–H groups in total. The van der Waals surface area contributed by atoms with Gasteiger partial charge in [0.1, 0.15) is 18.0 Å². The first-order valence-electron chi connectivity index (χ1n) is 9.30. The predicted molar refractivity (Wildman–Crippen MR) is 115 cm³/mol. The van der Waals surface area contributed by atoms with Crippen LogP contribution in [0.5, 0.6) is 23.0 Å². The molecule has 0 saturated carbocycles. The lowest BCUT2D eigenvalue weighted by Gasteiger charge is -2.15. The molecule has 0 aliphatic heterocycles. The number of carboxylic acid groups (broad SMARTS) is 1. The summed E-state index contributed by atoms with van der Waals surface area (Å²) in [6.07, 6.45) is 1.38. The Morgan fingerprint density at radius 1 is 0.906 bits per heavy atom. The van der Waals surface area contributed by atoms with E-state index in [9.17, 15) is 14.4 Å². The summed E-state index contributed by atoms with van der Waals surface area (Å²) in [5.74, 6) is -1.42. The molecule has 2 aromatic carbocycles. The average molecular weight is 444 g/mol. The summed E-state index contributed by atoms with van der Waals surface area (Å²) in [4.78, 5) is 36.4. The quantitative estimate of drug-likeness (QED) is 0.472. The molecule has 10 nitrogen and oxygen atoms in total. The van der Waals surface area contributed by atoms with Crippen LogP contribution in [0.4, 0.5) is 0 Å². The van der Waals surface area contributed by atoms with E-state index in [1.54, 1.807) is 24.3 Å². The van der Waals surface area contributed by atoms with Crippen molar-refractivity contribution in [2.24, 2.45) is 0 Å². The molecule has 2 rings (SSSR count). The number of carbonyl (C=O) groups is 3. The highest BCUT2D eigenvalue weighted by atomic mass is 16.5. The molecule has 2 aromatic rings. The minimum atomic E-state index is -1.23. The SMILES string of the molecule is COc1ccccc1C=C(NC(=O)c1cc(OC)c(OC)c(OC)c1)C(=O)NCC(=O)O. The van der Waals surface area contributed by atoms with Crippen LogP contribution in [0.25, 0.3) is 6.08 Å². The Kier molecular flexibility index (Phi) is 8.46. The van der Waals surface area contributed by atoms with E-state index in [0.29, 0.717) is 17.1 Å². The highest BCUT2D eigenvalue weighted by Crippen LogP contribution is 2.38. The van der Waals surface area contributed by atoms with Gasteiger partial charge in [0.25, 0.3) is 11.8 Å². The number of amides is 2. The van der Waals surface area contributed by atoms with Gasteiger partial charge in [-0.3, -0.25) is 14.4 Å². The number of ether oxygens (including phenoxy) is 4. The van der Waals surface area contributed by atoms with Gasteiger partial charge < -0.3 is 34.7 Å². The van der Waals surface area contributed by atoms with E-state index in [4.69, 9.17) is 24.1 Å². The van der Waals surface area contributed by atoms with Gasteiger partial charge in [0, 0.05) is 11.1 Å². The standard InChI is InChI=1S/C22H24N2O8/c1-29-16-8-6-5-7-13(16)9-15(22(28)23-12-19(25)26)24-21(27)14-10-17(30-2)20(32-4)18(11-14)31-3/h5-11H,12H2,1-4H3,(H,23,28)(H,24,27)(H,25,26). The van der Waals surface area contributed by atoms with Crippen LogP contribution in [0.2, 0.25) is 0 Å². The smallest absolute Gasteiger partial charge is 0.322 e. The normalized spacial score (nSPS) is 10.7. The van der Waals surface area contributed by atoms with Gasteiger partial charge in [0.15, 0.2) is 11.5 Å². The van der Waals surface area contributed by atoms with Gasteiger partial charge in [0.2, 0.25) is 5.75 Å². The van der Waals surface area contributed by atoms with E-state index in [-0.39, 0.29) is 22.8 Å². The highest BCUT2D eigenvalue weighted by Gasteiger charge is 2.20. The molecule has 0 saturated heterocycles. The Hall–Kier alpha value is -4.21. The maximum atomic E-state index is 12.9. The zero-order valence-electron chi connectivity index (χ0n) is 18.1. The molecule has 0 aliphatic rings. The number of carbonyl (C=O) groups excluding carboxylic acids is 2. The average Bonchev–Trinajstić information content (AvgIpc) is 2.81. The maximum absolute atomic E-state index is 12.9. The van der Waals surface area contributed by atoms with Crippen LogP contribution < -0.4 is 29.6 Å². The maximum Gasteiger partial charge on any atom is 0.322 e. The first-order chi connectivity index (χ1) is 15.3. The fourth-order valence-electron chi connectivity index (χ4n) is 2.76. The Morgan fingerprint density at radius 3 is 2.03 bits per heavy atom. The summed E-state index contributed by atoms with van der Waals surface area (Å²) >= 11 is 0. The Balaban J connectivity index is 2.45. The third-order valence-corrected chi connectivity index (χ3v) is 4.26. The fourth-order valence-corrected chi connectivity index (χ4v) is 2.76. The minimum absolute atomic E-state index is 0.122. The van der Waals surface area contributed by atoms with E-state index >= 15 is 0 Å². The minimum Gasteiger partial charge on any atom is -0.496 e. The third kappa shape index (κ3) is 5.91. The number of aliphatic carboxylic acids is 1. The lowest BCUT2D eigenvalue weighted by molar-refractivity contribution is -0.137. The number of carboxylic acids is 1. The second-order valence-corrected chi connectivity index (χ2v) is 6.24. The van der Waals surface area contributed by atoms with Crippen molar-refractivity contribution >= 4 is 23.9 Å². The fraction of sp³-hybridized carbons (Fsp3) is 0.227. The molecule has 0 unspecified atom stereocenters. The van der Waals surface area contributed by atoms with Crippen molar-refractivity contribution in [3.8, 4) is 23.0 Å². The molecule has 170 valence electrons. The van der Waals surface area contributed by atoms with Gasteiger partial charge in [-0.2, -0.15) is 0 Å². The van der Waals surface area contributed by atoms with Gasteiger partial charge in [0.05, 0.1) is 28.4 Å². The van der Waals surface area contributed by atoms with Crippen molar-refractivity contribution in [2.45, 2.75) is 0 Å². The van der Waals surface area contributed by atoms with Gasteiger partial charge in [-0.1, -0.05) is 18.2 Å². The summed E-state index contributed by atoms with van der Waals surface area (Å²) in [6.45, 7) is -0.623. The molecule has 0 bridgehead atoms. The zero-order chi connectivity index (χ0) is 23.7. The lowest BCUT2D eigenvalue weighted by Crippen LogP contribution is -2.37. The number of rotatable bonds is 10. The molecule has 0 atom stereocenters. The van der Waals surface area contributed by atoms with E-state index in [2.05, 4.69) is 10.6 Å². The van der Waals surface area contributed by atoms with E-state index in [1.807, 2.05) is 0 Å². The van der Waals surface area contributed by atoms with Crippen LogP contribution in [-0.4, -0.2) is 57.9 Å². The van der Waals surface area contributed by atoms with Crippen molar-refractivity contribution < 1.29 is 38.4 Å². The van der Waals surface area contributed by atoms with Crippen molar-refractivity contribution in [1.29, 1.82) is 0 Å². The highest BCUT2D eigenvalue weighted by molar-refractivity contribution is 6.06. The van der Waals surface area contributed by atoms with Gasteiger partial charge in [-0.25, -0.2) is 0 Å². The van der Waals surface area contributed by atoms with Crippen LogP contribution in [0.3, 0.4) is 0 Å². The molecule has 2 amide bonds. The molecule has 10 heteroatoms. The van der Waals surface area contributed by atoms with Crippen molar-refractivity contribution in [2.75, 3.05) is 35.0 Å². The largest absolute Gasteiger partial charge is 0.496 e. The van der Waals surface area contributed by atoms with Gasteiger partial charge >= 0.3 is 5.97 Å². The number of benzene rings is 2. The molecular formula is C22H24N2O8. The van der Waals surface area contributed by atoms with Crippen LogP contribution >= 0.6 is 0 Å². The van der Waals surface area contributed by atoms with Gasteiger partial charge in [-0.05, 0) is 24.3 Å². The number of para-hydroxylation sites is 1. The molecule has 0 aliphatic carbocycles. The monoisotopic (exact) mass is 444 g/mol. The van der Waals surface area contributed by atoms with Crippen LogP contribution in [-0.2, 0) is 9.59 Å².